The van der Waals surface area contributed by atoms with Gasteiger partial charge in [-0.25, -0.2) is 9.97 Å². The number of ether oxygens (including phenoxy) is 1. The van der Waals surface area contributed by atoms with Crippen molar-refractivity contribution in [3.8, 4) is 5.75 Å². The van der Waals surface area contributed by atoms with Crippen molar-refractivity contribution < 1.29 is 32.3 Å². The number of aromatic nitrogens is 3. The van der Waals surface area contributed by atoms with Gasteiger partial charge in [-0.2, -0.15) is 13.2 Å². The summed E-state index contributed by atoms with van der Waals surface area (Å²) in [4.78, 5) is 50.4. The fourth-order valence-corrected chi connectivity index (χ4v) is 8.16. The summed E-state index contributed by atoms with van der Waals surface area (Å²) in [5, 5.41) is 8.14. The molecule has 3 amide bonds. The molecule has 15 heteroatoms. The summed E-state index contributed by atoms with van der Waals surface area (Å²) in [6.45, 7) is 6.68. The molecule has 56 heavy (non-hydrogen) atoms. The molecule has 1 unspecified atom stereocenters. The largest absolute Gasteiger partial charge is 0.490 e. The third-order valence-corrected chi connectivity index (χ3v) is 11.2. The smallest absolute Gasteiger partial charge is 0.433 e. The Bertz CT molecular complexity index is 2040. The SMILES string of the molecule is CC(C)Oc1cc2nc(C3CCC(CN(C)C4CCN(c5ccc(NC6CCC(=O)NC6=O)cc5)CC4)CC3)cn2cc1C(=O)Nc1cccc(C(F)(F)F)n1. The van der Waals surface area contributed by atoms with Crippen LogP contribution in [0.15, 0.2) is 60.9 Å². The second-order valence-corrected chi connectivity index (χ2v) is 15.6. The summed E-state index contributed by atoms with van der Waals surface area (Å²) < 4.78 is 47.4. The van der Waals surface area contributed by atoms with Crippen LogP contribution in [-0.4, -0.2) is 81.9 Å². The summed E-state index contributed by atoms with van der Waals surface area (Å²) >= 11 is 0. The number of fused-ring (bicyclic) bond motifs is 1. The Morgan fingerprint density at radius 2 is 1.71 bits per heavy atom. The second kappa shape index (κ2) is 16.5. The molecule has 3 fully saturated rings. The first-order valence-corrected chi connectivity index (χ1v) is 19.5. The van der Waals surface area contributed by atoms with Gasteiger partial charge < -0.3 is 29.6 Å². The van der Waals surface area contributed by atoms with Gasteiger partial charge in [0, 0.05) is 67.8 Å². The number of benzene rings is 1. The number of hydrogen-bond acceptors (Lipinski definition) is 9. The van der Waals surface area contributed by atoms with Gasteiger partial charge in [-0.1, -0.05) is 6.07 Å². The van der Waals surface area contributed by atoms with Crippen molar-refractivity contribution >= 4 is 40.6 Å². The van der Waals surface area contributed by atoms with Gasteiger partial charge in [0.2, 0.25) is 11.8 Å². The van der Waals surface area contributed by atoms with Crippen LogP contribution in [0, 0.1) is 5.92 Å². The second-order valence-electron chi connectivity index (χ2n) is 15.6. The van der Waals surface area contributed by atoms with E-state index in [0.717, 1.165) is 75.6 Å². The van der Waals surface area contributed by atoms with Crippen LogP contribution in [0.25, 0.3) is 5.65 Å². The number of piperidine rings is 2. The number of carbonyl (C=O) groups is 3. The minimum atomic E-state index is -4.63. The van der Waals surface area contributed by atoms with E-state index in [1.54, 1.807) is 16.7 Å². The number of hydrogen-bond donors (Lipinski definition) is 3. The predicted molar refractivity (Wildman–Crippen MR) is 207 cm³/mol. The molecule has 1 aliphatic carbocycles. The summed E-state index contributed by atoms with van der Waals surface area (Å²) in [6, 6.07) is 13.4. The molecule has 7 rings (SSSR count). The summed E-state index contributed by atoms with van der Waals surface area (Å²) in [7, 11) is 2.25. The maximum Gasteiger partial charge on any atom is 0.433 e. The van der Waals surface area contributed by atoms with Gasteiger partial charge in [-0.15, -0.1) is 0 Å². The Morgan fingerprint density at radius 1 is 0.982 bits per heavy atom. The summed E-state index contributed by atoms with van der Waals surface area (Å²) in [5.41, 5.74) is 2.71. The molecule has 1 atom stereocenters. The maximum atomic E-state index is 13.4. The molecule has 0 radical (unpaired) electrons. The molecule has 3 aliphatic rings. The molecular formula is C41H49F3N8O4. The third kappa shape index (κ3) is 9.26. The van der Waals surface area contributed by atoms with Gasteiger partial charge >= 0.3 is 6.18 Å². The molecule has 1 saturated carbocycles. The quantitative estimate of drug-likeness (QED) is 0.140. The summed E-state index contributed by atoms with van der Waals surface area (Å²) in [5.74, 6) is -0.149. The van der Waals surface area contributed by atoms with Crippen molar-refractivity contribution in [1.29, 1.82) is 0 Å². The lowest BCUT2D eigenvalue weighted by Crippen LogP contribution is -2.47. The topological polar surface area (TPSA) is 133 Å². The van der Waals surface area contributed by atoms with Crippen LogP contribution in [0.3, 0.4) is 0 Å². The molecule has 0 spiro atoms. The van der Waals surface area contributed by atoms with Gasteiger partial charge in [0.25, 0.3) is 5.91 Å². The van der Waals surface area contributed by atoms with E-state index in [2.05, 4.69) is 49.9 Å². The lowest BCUT2D eigenvalue weighted by molar-refractivity contribution is -0.141. The highest BCUT2D eigenvalue weighted by atomic mass is 19.4. The molecule has 1 aromatic carbocycles. The first kappa shape index (κ1) is 39.1. The van der Waals surface area contributed by atoms with E-state index in [4.69, 9.17) is 9.72 Å². The van der Waals surface area contributed by atoms with Gasteiger partial charge in [0.15, 0.2) is 0 Å². The highest BCUT2D eigenvalue weighted by Crippen LogP contribution is 2.37. The molecule has 2 saturated heterocycles. The normalized spacial score (nSPS) is 21.1. The zero-order chi connectivity index (χ0) is 39.6. The van der Waals surface area contributed by atoms with Crippen molar-refractivity contribution in [2.24, 2.45) is 5.92 Å². The van der Waals surface area contributed by atoms with Gasteiger partial charge in [0.1, 0.15) is 29.0 Å². The number of amides is 3. The Kier molecular flexibility index (Phi) is 11.5. The molecule has 298 valence electrons. The van der Waals surface area contributed by atoms with Crippen LogP contribution >= 0.6 is 0 Å². The fraction of sp³-hybridized carbons (Fsp3) is 0.488. The number of pyridine rings is 2. The number of anilines is 3. The van der Waals surface area contributed by atoms with Crippen molar-refractivity contribution in [1.82, 2.24) is 24.6 Å². The molecule has 12 nitrogen and oxygen atoms in total. The number of nitrogens with one attached hydrogen (secondary N) is 3. The molecule has 3 aromatic heterocycles. The van der Waals surface area contributed by atoms with Crippen LogP contribution in [0.2, 0.25) is 0 Å². The van der Waals surface area contributed by atoms with E-state index in [1.165, 1.54) is 17.8 Å². The van der Waals surface area contributed by atoms with Crippen LogP contribution in [0.1, 0.15) is 92.9 Å². The van der Waals surface area contributed by atoms with Gasteiger partial charge in [-0.3, -0.25) is 19.7 Å². The van der Waals surface area contributed by atoms with E-state index >= 15 is 0 Å². The molecule has 4 aromatic rings. The lowest BCUT2D eigenvalue weighted by atomic mass is 9.80. The number of nitrogens with zero attached hydrogens (tertiary/aromatic N) is 5. The Labute approximate surface area is 324 Å². The number of alkyl halides is 3. The molecule has 3 N–H and O–H groups in total. The average Bonchev–Trinajstić information content (AvgIpc) is 3.59. The number of rotatable bonds is 11. The van der Waals surface area contributed by atoms with Gasteiger partial charge in [0.05, 0.1) is 17.4 Å². The Balaban J connectivity index is 0.907. The van der Waals surface area contributed by atoms with Crippen LogP contribution in [0.5, 0.6) is 5.75 Å². The highest BCUT2D eigenvalue weighted by molar-refractivity contribution is 6.06. The third-order valence-electron chi connectivity index (χ3n) is 11.2. The van der Waals surface area contributed by atoms with E-state index in [-0.39, 0.29) is 35.2 Å². The Hall–Kier alpha value is -5.18. The van der Waals surface area contributed by atoms with Crippen molar-refractivity contribution in [3.63, 3.8) is 0 Å². The van der Waals surface area contributed by atoms with Crippen molar-refractivity contribution in [2.45, 2.75) is 95.5 Å². The van der Waals surface area contributed by atoms with Gasteiger partial charge in [-0.05, 0) is 108 Å². The fourth-order valence-electron chi connectivity index (χ4n) is 8.16. The van der Waals surface area contributed by atoms with E-state index in [1.807, 2.05) is 32.2 Å². The maximum absolute atomic E-state index is 13.4. The number of carbonyl (C=O) groups excluding carboxylic acids is 3. The van der Waals surface area contributed by atoms with E-state index < -0.39 is 23.8 Å². The van der Waals surface area contributed by atoms with Crippen LogP contribution in [0.4, 0.5) is 30.4 Å². The Morgan fingerprint density at radius 3 is 2.39 bits per heavy atom. The zero-order valence-corrected chi connectivity index (χ0v) is 31.9. The zero-order valence-electron chi connectivity index (χ0n) is 31.9. The first-order chi connectivity index (χ1) is 26.8. The standard InChI is InChI=1S/C41H49F3N8O4/c1-25(2)56-34-21-37-46-33(24-52(37)23-31(34)39(54)48-36-6-4-5-35(47-36)41(42,43)44)27-9-7-26(8-10-27)22-50(3)29-17-19-51(20-18-29)30-13-11-28(12-14-30)45-32-15-16-38(53)49-40(32)55/h4-6,11-14,21,23-27,29,32,45H,7-10,15-20,22H2,1-3H3,(H,47,48,54)(H,49,53,55). The minimum Gasteiger partial charge on any atom is -0.490 e. The van der Waals surface area contributed by atoms with E-state index in [9.17, 15) is 27.6 Å². The number of imidazole rings is 1. The van der Waals surface area contributed by atoms with Crippen molar-refractivity contribution in [3.05, 3.63) is 77.9 Å². The van der Waals surface area contributed by atoms with Crippen molar-refractivity contribution in [2.75, 3.05) is 42.2 Å². The highest BCUT2D eigenvalue weighted by Gasteiger charge is 2.33. The molecule has 2 aliphatic heterocycles. The molecule has 5 heterocycles. The van der Waals surface area contributed by atoms with Crippen LogP contribution in [-0.2, 0) is 15.8 Å². The molecular weight excluding hydrogens is 725 g/mol. The lowest BCUT2D eigenvalue weighted by Gasteiger charge is -2.40. The monoisotopic (exact) mass is 774 g/mol. The predicted octanol–water partition coefficient (Wildman–Crippen LogP) is 6.88. The molecule has 0 bridgehead atoms. The van der Waals surface area contributed by atoms with Crippen LogP contribution < -0.4 is 25.6 Å². The summed E-state index contributed by atoms with van der Waals surface area (Å²) in [6.07, 6.45) is 5.91. The van der Waals surface area contributed by atoms with E-state index in [0.29, 0.717) is 36.2 Å². The average molecular weight is 775 g/mol. The first-order valence-electron chi connectivity index (χ1n) is 19.5. The number of halogens is 3. The number of imide groups is 1. The minimum absolute atomic E-state index is 0.171.